The summed E-state index contributed by atoms with van der Waals surface area (Å²) in [6, 6.07) is 12.8. The van der Waals surface area contributed by atoms with Crippen LogP contribution in [0, 0.1) is 5.82 Å². The number of carbonyl (C=O) groups excluding carboxylic acids is 1. The molecule has 0 saturated carbocycles. The summed E-state index contributed by atoms with van der Waals surface area (Å²) in [7, 11) is 0. The van der Waals surface area contributed by atoms with Crippen molar-refractivity contribution < 1.29 is 13.9 Å². The number of anilines is 1. The van der Waals surface area contributed by atoms with Crippen molar-refractivity contribution in [3.8, 4) is 0 Å². The van der Waals surface area contributed by atoms with Crippen molar-refractivity contribution in [1.82, 2.24) is 9.88 Å². The second-order valence-corrected chi connectivity index (χ2v) is 11.1. The Kier molecular flexibility index (Phi) is 8.35. The summed E-state index contributed by atoms with van der Waals surface area (Å²) in [6.07, 6.45) is 1.16. The van der Waals surface area contributed by atoms with E-state index >= 15 is 0 Å². The maximum Gasteiger partial charge on any atom is 0.233 e. The van der Waals surface area contributed by atoms with E-state index in [2.05, 4.69) is 35.9 Å². The molecule has 3 aromatic rings. The molecule has 5 nitrogen and oxygen atoms in total. The van der Waals surface area contributed by atoms with Crippen molar-refractivity contribution in [3.63, 3.8) is 0 Å². The molecule has 8 heteroatoms. The molecule has 1 aliphatic rings. The van der Waals surface area contributed by atoms with Gasteiger partial charge in [-0.2, -0.15) is 0 Å². The van der Waals surface area contributed by atoms with Gasteiger partial charge in [0.2, 0.25) is 5.91 Å². The number of thiazole rings is 1. The smallest absolute Gasteiger partial charge is 0.233 e. The number of fused-ring (bicyclic) bond motifs is 1. The summed E-state index contributed by atoms with van der Waals surface area (Å²) in [4.78, 5) is 23.4. The molecule has 0 spiro atoms. The molecular weight excluding hydrogens is 457 g/mol. The van der Waals surface area contributed by atoms with E-state index in [9.17, 15) is 9.18 Å². The van der Waals surface area contributed by atoms with E-state index in [-0.39, 0.29) is 11.7 Å². The van der Waals surface area contributed by atoms with Gasteiger partial charge in [0.25, 0.3) is 0 Å². The Hall–Kier alpha value is -2.00. The van der Waals surface area contributed by atoms with Crippen LogP contribution < -0.4 is 4.90 Å². The molecule has 0 radical (unpaired) electrons. The molecule has 2 aromatic carbocycles. The van der Waals surface area contributed by atoms with Crippen molar-refractivity contribution in [2.24, 2.45) is 0 Å². The minimum absolute atomic E-state index is 0.0146. The van der Waals surface area contributed by atoms with Gasteiger partial charge >= 0.3 is 0 Å². The lowest BCUT2D eigenvalue weighted by Gasteiger charge is -2.27. The van der Waals surface area contributed by atoms with Crippen LogP contribution in [-0.4, -0.2) is 60.4 Å². The van der Waals surface area contributed by atoms with Crippen molar-refractivity contribution in [1.29, 1.82) is 0 Å². The lowest BCUT2D eigenvalue weighted by atomic mass is 10.1. The number of benzene rings is 2. The van der Waals surface area contributed by atoms with Crippen LogP contribution in [0.2, 0.25) is 0 Å². The molecule has 0 unspecified atom stereocenters. The number of hydrogen-bond donors (Lipinski definition) is 0. The monoisotopic (exact) mass is 487 g/mol. The molecule has 1 fully saturated rings. The summed E-state index contributed by atoms with van der Waals surface area (Å²) in [6.45, 7) is 9.20. The number of thioether (sulfide) groups is 1. The molecular formula is C25H30FN3O2S2. The minimum atomic E-state index is -0.290. The van der Waals surface area contributed by atoms with Crippen LogP contribution in [0.1, 0.15) is 25.8 Å². The molecule has 1 amide bonds. The van der Waals surface area contributed by atoms with E-state index in [0.717, 1.165) is 55.0 Å². The minimum Gasteiger partial charge on any atom is -0.379 e. The first kappa shape index (κ1) is 24.1. The largest absolute Gasteiger partial charge is 0.379 e. The highest BCUT2D eigenvalue weighted by Gasteiger charge is 2.21. The molecule has 33 heavy (non-hydrogen) atoms. The molecule has 4 rings (SSSR count). The van der Waals surface area contributed by atoms with E-state index in [1.54, 1.807) is 11.0 Å². The molecule has 0 aliphatic carbocycles. The summed E-state index contributed by atoms with van der Waals surface area (Å²) < 4.78 is 19.9. The van der Waals surface area contributed by atoms with Gasteiger partial charge in [-0.3, -0.25) is 14.6 Å². The Morgan fingerprint density at radius 2 is 1.97 bits per heavy atom. The second-order valence-electron chi connectivity index (χ2n) is 8.45. The van der Waals surface area contributed by atoms with Crippen LogP contribution in [0.3, 0.4) is 0 Å². The predicted molar refractivity (Wildman–Crippen MR) is 135 cm³/mol. The van der Waals surface area contributed by atoms with Crippen molar-refractivity contribution >= 4 is 44.4 Å². The number of rotatable bonds is 9. The number of aromatic nitrogens is 1. The standard InChI is InChI=1S/C25H30FN3O2S2/c1-18(2)32-21-7-4-19(5-8-21)16-24(30)29(11-3-10-28-12-14-31-15-13-28)25-27-22-9-6-20(26)17-23(22)33-25/h4-9,17-18H,3,10-16H2,1-2H3. The lowest BCUT2D eigenvalue weighted by Crippen LogP contribution is -2.39. The highest BCUT2D eigenvalue weighted by atomic mass is 32.2. The number of morpholine rings is 1. The average Bonchev–Trinajstić information content (AvgIpc) is 3.21. The molecule has 176 valence electrons. The van der Waals surface area contributed by atoms with Crippen LogP contribution in [-0.2, 0) is 16.0 Å². The van der Waals surface area contributed by atoms with Gasteiger partial charge in [0, 0.05) is 36.3 Å². The molecule has 0 atom stereocenters. The fourth-order valence-corrected chi connectivity index (χ4v) is 5.71. The summed E-state index contributed by atoms with van der Waals surface area (Å²) in [5.74, 6) is -0.275. The van der Waals surface area contributed by atoms with Crippen LogP contribution in [0.25, 0.3) is 10.2 Å². The Morgan fingerprint density at radius 3 is 2.70 bits per heavy atom. The Balaban J connectivity index is 1.48. The quantitative estimate of drug-likeness (QED) is 0.387. The Bertz CT molecular complexity index is 1070. The third-order valence-electron chi connectivity index (χ3n) is 5.48. The van der Waals surface area contributed by atoms with E-state index < -0.39 is 0 Å². The third-order valence-corrected chi connectivity index (χ3v) is 7.54. The Labute approximate surface area is 202 Å². The molecule has 1 aliphatic heterocycles. The molecule has 1 saturated heterocycles. The number of hydrogen-bond acceptors (Lipinski definition) is 6. The first-order valence-corrected chi connectivity index (χ1v) is 13.1. The van der Waals surface area contributed by atoms with Gasteiger partial charge in [0.1, 0.15) is 5.82 Å². The maximum absolute atomic E-state index is 13.7. The highest BCUT2D eigenvalue weighted by Crippen LogP contribution is 2.30. The highest BCUT2D eigenvalue weighted by molar-refractivity contribution is 7.99. The van der Waals surface area contributed by atoms with Gasteiger partial charge in [-0.25, -0.2) is 9.37 Å². The second kappa shape index (κ2) is 11.4. The van der Waals surface area contributed by atoms with Crippen LogP contribution in [0.5, 0.6) is 0 Å². The number of ether oxygens (including phenoxy) is 1. The van der Waals surface area contributed by atoms with Crippen molar-refractivity contribution in [2.75, 3.05) is 44.3 Å². The van der Waals surface area contributed by atoms with E-state index in [4.69, 9.17) is 4.74 Å². The van der Waals surface area contributed by atoms with Crippen molar-refractivity contribution in [3.05, 3.63) is 53.8 Å². The zero-order valence-corrected chi connectivity index (χ0v) is 20.8. The predicted octanol–water partition coefficient (Wildman–Crippen LogP) is 5.23. The first-order valence-electron chi connectivity index (χ1n) is 11.4. The third kappa shape index (κ3) is 6.76. The van der Waals surface area contributed by atoms with Crippen molar-refractivity contribution in [2.45, 2.75) is 36.8 Å². The van der Waals surface area contributed by atoms with Gasteiger partial charge in [0.15, 0.2) is 5.13 Å². The zero-order chi connectivity index (χ0) is 23.2. The topological polar surface area (TPSA) is 45.7 Å². The van der Waals surface area contributed by atoms with Gasteiger partial charge in [-0.05, 0) is 42.3 Å². The fraction of sp³-hybridized carbons (Fsp3) is 0.440. The number of halogens is 1. The Morgan fingerprint density at radius 1 is 1.21 bits per heavy atom. The SMILES string of the molecule is CC(C)Sc1ccc(CC(=O)N(CCCN2CCOCC2)c2nc3ccc(F)cc3s2)cc1. The van der Waals surface area contributed by atoms with E-state index in [0.29, 0.717) is 23.3 Å². The van der Waals surface area contributed by atoms with Gasteiger partial charge in [0.05, 0.1) is 29.9 Å². The lowest BCUT2D eigenvalue weighted by molar-refractivity contribution is -0.118. The number of amides is 1. The van der Waals surface area contributed by atoms with Gasteiger partial charge in [-0.15, -0.1) is 11.8 Å². The van der Waals surface area contributed by atoms with Crippen LogP contribution in [0.4, 0.5) is 9.52 Å². The molecule has 1 aromatic heterocycles. The molecule has 2 heterocycles. The fourth-order valence-electron chi connectivity index (χ4n) is 3.83. The normalized spacial score (nSPS) is 14.8. The zero-order valence-electron chi connectivity index (χ0n) is 19.1. The molecule has 0 N–H and O–H groups in total. The maximum atomic E-state index is 13.7. The summed E-state index contributed by atoms with van der Waals surface area (Å²) >= 11 is 3.18. The van der Waals surface area contributed by atoms with Gasteiger partial charge < -0.3 is 4.74 Å². The summed E-state index contributed by atoms with van der Waals surface area (Å²) in [5, 5.41) is 1.15. The average molecular weight is 488 g/mol. The number of carbonyl (C=O) groups is 1. The van der Waals surface area contributed by atoms with E-state index in [1.807, 2.05) is 23.9 Å². The van der Waals surface area contributed by atoms with E-state index in [1.165, 1.54) is 28.4 Å². The first-order chi connectivity index (χ1) is 16.0. The van der Waals surface area contributed by atoms with Crippen LogP contribution >= 0.6 is 23.1 Å². The molecule has 0 bridgehead atoms. The van der Waals surface area contributed by atoms with Crippen LogP contribution in [0.15, 0.2) is 47.4 Å². The van der Waals surface area contributed by atoms with Gasteiger partial charge in [-0.1, -0.05) is 37.3 Å². The number of nitrogens with zero attached hydrogens (tertiary/aromatic N) is 3. The summed E-state index contributed by atoms with van der Waals surface area (Å²) in [5.41, 5.74) is 1.70.